The van der Waals surface area contributed by atoms with Gasteiger partial charge in [0.2, 0.25) is 0 Å². The van der Waals surface area contributed by atoms with Gasteiger partial charge in [-0.1, -0.05) is 91.0 Å². The van der Waals surface area contributed by atoms with Gasteiger partial charge in [0.1, 0.15) is 11.6 Å². The molecule has 1 aromatic heterocycles. The van der Waals surface area contributed by atoms with E-state index in [-0.39, 0.29) is 0 Å². The predicted octanol–water partition coefficient (Wildman–Crippen LogP) is 6.14. The van der Waals surface area contributed by atoms with Crippen LogP contribution in [-0.4, -0.2) is 18.0 Å². The maximum absolute atomic E-state index is 10.0. The van der Waals surface area contributed by atoms with Crippen LogP contribution in [0.15, 0.2) is 96.0 Å². The Hall–Kier alpha value is -4.10. The highest BCUT2D eigenvalue weighted by Gasteiger charge is 2.20. The van der Waals surface area contributed by atoms with Crippen LogP contribution in [0.1, 0.15) is 11.1 Å². The maximum Gasteiger partial charge on any atom is 0.194 e. The van der Waals surface area contributed by atoms with Crippen LogP contribution in [0.3, 0.4) is 0 Å². The number of benzene rings is 3. The van der Waals surface area contributed by atoms with Crippen LogP contribution < -0.4 is 0 Å². The topological polar surface area (TPSA) is 61.2 Å². The van der Waals surface area contributed by atoms with Crippen molar-refractivity contribution in [1.82, 2.24) is 4.98 Å². The Morgan fingerprint density at radius 2 is 1.43 bits per heavy atom. The van der Waals surface area contributed by atoms with Gasteiger partial charge in [-0.25, -0.2) is 0 Å². The average Bonchev–Trinajstić information content (AvgIpc) is 3.18. The molecule has 0 spiro atoms. The second-order valence-corrected chi connectivity index (χ2v) is 6.81. The van der Waals surface area contributed by atoms with Crippen molar-refractivity contribution in [3.8, 4) is 28.5 Å². The summed E-state index contributed by atoms with van der Waals surface area (Å²) in [6, 6.07) is 32.2. The zero-order valence-electron chi connectivity index (χ0n) is 16.7. The van der Waals surface area contributed by atoms with Crippen molar-refractivity contribution in [2.45, 2.75) is 6.42 Å². The lowest BCUT2D eigenvalue weighted by atomic mass is 9.98. The van der Waals surface area contributed by atoms with E-state index < -0.39 is 0 Å². The number of hydrogen-bond donors (Lipinski definition) is 1. The molecule has 3 aromatic carbocycles. The molecule has 4 rings (SSSR count). The van der Waals surface area contributed by atoms with Gasteiger partial charge in [-0.3, -0.25) is 0 Å². The normalized spacial score (nSPS) is 11.1. The van der Waals surface area contributed by atoms with E-state index in [1.165, 1.54) is 0 Å². The van der Waals surface area contributed by atoms with Crippen molar-refractivity contribution in [3.05, 3.63) is 102 Å². The third-order valence-electron chi connectivity index (χ3n) is 4.89. The van der Waals surface area contributed by atoms with Crippen LogP contribution in [0.25, 0.3) is 22.4 Å². The van der Waals surface area contributed by atoms with Crippen LogP contribution in [0, 0.1) is 11.3 Å². The lowest BCUT2D eigenvalue weighted by Gasteiger charge is -2.05. The average molecular weight is 391 g/mol. The molecule has 0 radical (unpaired) electrons. The summed E-state index contributed by atoms with van der Waals surface area (Å²) < 4.78 is 5.54. The first kappa shape index (κ1) is 19.2. The molecule has 1 N–H and O–H groups in total. The summed E-state index contributed by atoms with van der Waals surface area (Å²) in [5.41, 5.74) is 5.27. The number of hydrogen-bond acceptors (Lipinski definition) is 3. The Morgan fingerprint density at radius 3 is 2.00 bits per heavy atom. The molecule has 0 saturated heterocycles. The Kier molecular flexibility index (Phi) is 5.73. The van der Waals surface area contributed by atoms with Gasteiger partial charge in [-0.2, -0.15) is 10.3 Å². The summed E-state index contributed by atoms with van der Waals surface area (Å²) in [4.78, 5) is 8.07. The number of nitrogens with one attached hydrogen (secondary N) is 1. The molecule has 0 aliphatic rings. The third kappa shape index (κ3) is 4.01. The summed E-state index contributed by atoms with van der Waals surface area (Å²) in [5.74, 6) is 1.04. The summed E-state index contributed by atoms with van der Waals surface area (Å²) in [5, 5.41) is 10.0. The number of ether oxygens (including phenoxy) is 1. The number of aliphatic imine (C=N–C) groups is 1. The number of nitriles is 1. The number of aromatic amines is 1. The van der Waals surface area contributed by atoms with Crippen LogP contribution in [0.2, 0.25) is 0 Å². The number of rotatable bonds is 5. The monoisotopic (exact) mass is 391 g/mol. The standard InChI is InChI=1S/C26H21N3O/c1-30-23(17-19-11-5-2-6-12-19)28-26-22(18-27)24(20-13-7-3-8-14-20)25(29-26)21-15-9-4-10-16-21/h2-16,29H,17H2,1H3/b28-23-. The zero-order chi connectivity index (χ0) is 20.8. The van der Waals surface area contributed by atoms with Crippen LogP contribution in [-0.2, 0) is 11.2 Å². The minimum Gasteiger partial charge on any atom is -0.484 e. The highest BCUT2D eigenvalue weighted by molar-refractivity contribution is 5.91. The third-order valence-corrected chi connectivity index (χ3v) is 4.89. The summed E-state index contributed by atoms with van der Waals surface area (Å²) >= 11 is 0. The first-order valence-electron chi connectivity index (χ1n) is 9.72. The highest BCUT2D eigenvalue weighted by Crippen LogP contribution is 2.39. The fourth-order valence-electron chi connectivity index (χ4n) is 3.45. The molecule has 0 aliphatic carbocycles. The second-order valence-electron chi connectivity index (χ2n) is 6.81. The summed E-state index contributed by atoms with van der Waals surface area (Å²) in [6.45, 7) is 0. The van der Waals surface area contributed by atoms with Gasteiger partial charge >= 0.3 is 0 Å². The van der Waals surface area contributed by atoms with Crippen LogP contribution in [0.5, 0.6) is 0 Å². The van der Waals surface area contributed by atoms with Gasteiger partial charge in [-0.15, -0.1) is 0 Å². The van der Waals surface area contributed by atoms with E-state index >= 15 is 0 Å². The van der Waals surface area contributed by atoms with Gasteiger partial charge in [-0.05, 0) is 16.7 Å². The number of methoxy groups -OCH3 is 1. The van der Waals surface area contributed by atoms with E-state index in [1.807, 2.05) is 91.0 Å². The summed E-state index contributed by atoms with van der Waals surface area (Å²) in [7, 11) is 1.60. The Labute approximate surface area is 176 Å². The molecular formula is C26H21N3O. The molecule has 0 fully saturated rings. The lowest BCUT2D eigenvalue weighted by molar-refractivity contribution is 0.394. The molecule has 0 atom stereocenters. The first-order valence-corrected chi connectivity index (χ1v) is 9.72. The molecule has 0 aliphatic heterocycles. The van der Waals surface area contributed by atoms with Crippen LogP contribution in [0.4, 0.5) is 5.82 Å². The Balaban J connectivity index is 1.86. The van der Waals surface area contributed by atoms with E-state index in [0.717, 1.165) is 27.9 Å². The van der Waals surface area contributed by atoms with Crippen molar-refractivity contribution in [2.75, 3.05) is 7.11 Å². The minimum absolute atomic E-state index is 0.502. The van der Waals surface area contributed by atoms with E-state index in [0.29, 0.717) is 23.7 Å². The van der Waals surface area contributed by atoms with Crippen molar-refractivity contribution in [2.24, 2.45) is 4.99 Å². The van der Waals surface area contributed by atoms with E-state index in [1.54, 1.807) is 7.11 Å². The van der Waals surface area contributed by atoms with Gasteiger partial charge in [0.05, 0.1) is 12.8 Å². The SMILES string of the molecule is CO/C(Cc1ccccc1)=N\c1[nH]c(-c2ccccc2)c(-c2ccccc2)c1C#N. The zero-order valence-corrected chi connectivity index (χ0v) is 16.7. The quantitative estimate of drug-likeness (QED) is 0.328. The largest absolute Gasteiger partial charge is 0.484 e. The predicted molar refractivity (Wildman–Crippen MR) is 121 cm³/mol. The molecule has 4 nitrogen and oxygen atoms in total. The summed E-state index contributed by atoms with van der Waals surface area (Å²) in [6.07, 6.45) is 0.544. The smallest absolute Gasteiger partial charge is 0.194 e. The molecule has 4 heteroatoms. The van der Waals surface area contributed by atoms with Gasteiger partial charge in [0, 0.05) is 12.0 Å². The van der Waals surface area contributed by atoms with E-state index in [9.17, 15) is 5.26 Å². The molecule has 0 saturated carbocycles. The van der Waals surface area contributed by atoms with Gasteiger partial charge in [0.15, 0.2) is 11.7 Å². The highest BCUT2D eigenvalue weighted by atomic mass is 16.5. The van der Waals surface area contributed by atoms with Crippen molar-refractivity contribution in [3.63, 3.8) is 0 Å². The maximum atomic E-state index is 10.0. The fourth-order valence-corrected chi connectivity index (χ4v) is 3.45. The number of nitrogens with zero attached hydrogens (tertiary/aromatic N) is 2. The van der Waals surface area contributed by atoms with Crippen molar-refractivity contribution < 1.29 is 4.74 Å². The fraction of sp³-hybridized carbons (Fsp3) is 0.0769. The van der Waals surface area contributed by atoms with Crippen LogP contribution >= 0.6 is 0 Å². The molecule has 0 bridgehead atoms. The molecule has 4 aromatic rings. The number of H-pyrrole nitrogens is 1. The van der Waals surface area contributed by atoms with Gasteiger partial charge in [0.25, 0.3) is 0 Å². The first-order chi connectivity index (χ1) is 14.8. The molecular weight excluding hydrogens is 370 g/mol. The minimum atomic E-state index is 0.502. The van der Waals surface area contributed by atoms with Gasteiger partial charge < -0.3 is 9.72 Å². The molecule has 1 heterocycles. The molecule has 0 unspecified atom stereocenters. The molecule has 146 valence electrons. The van der Waals surface area contributed by atoms with E-state index in [2.05, 4.69) is 11.1 Å². The Bertz CT molecular complexity index is 1190. The van der Waals surface area contributed by atoms with Crippen molar-refractivity contribution in [1.29, 1.82) is 5.26 Å². The molecule has 0 amide bonds. The lowest BCUT2D eigenvalue weighted by Crippen LogP contribution is -2.05. The van der Waals surface area contributed by atoms with E-state index in [4.69, 9.17) is 9.73 Å². The van der Waals surface area contributed by atoms with Crippen molar-refractivity contribution >= 4 is 11.7 Å². The molecule has 30 heavy (non-hydrogen) atoms. The Morgan fingerprint density at radius 1 is 0.867 bits per heavy atom. The number of aromatic nitrogens is 1. The second kappa shape index (κ2) is 8.93.